The largest absolute Gasteiger partial charge is 0.439 e. The van der Waals surface area contributed by atoms with Gasteiger partial charge in [0.1, 0.15) is 0 Å². The van der Waals surface area contributed by atoms with Crippen molar-refractivity contribution in [2.45, 2.75) is 33.7 Å². The highest BCUT2D eigenvalue weighted by Gasteiger charge is 2.07. The lowest BCUT2D eigenvalue weighted by Gasteiger charge is -2.11. The fourth-order valence-corrected chi connectivity index (χ4v) is 2.10. The van der Waals surface area contributed by atoms with Crippen LogP contribution in [0.5, 0.6) is 0 Å². The van der Waals surface area contributed by atoms with Gasteiger partial charge in [-0.15, -0.1) is 0 Å². The first-order chi connectivity index (χ1) is 11.1. The zero-order valence-electron chi connectivity index (χ0n) is 14.4. The summed E-state index contributed by atoms with van der Waals surface area (Å²) in [5, 5.41) is 6.50. The lowest BCUT2D eigenvalue weighted by atomic mass is 10.1. The number of nitrogens with zero attached hydrogens (tertiary/aromatic N) is 2. The molecule has 2 rings (SSSR count). The Bertz CT molecular complexity index is 629. The quantitative estimate of drug-likeness (QED) is 0.634. The minimum atomic E-state index is 0.507. The molecule has 5 nitrogen and oxygen atoms in total. The molecule has 1 aromatic heterocycles. The van der Waals surface area contributed by atoms with Crippen LogP contribution in [0.25, 0.3) is 11.3 Å². The Morgan fingerprint density at radius 2 is 1.96 bits per heavy atom. The molecule has 0 amide bonds. The molecule has 0 atom stereocenters. The summed E-state index contributed by atoms with van der Waals surface area (Å²) in [6, 6.07) is 8.21. The molecule has 1 heterocycles. The maximum atomic E-state index is 5.79. The fraction of sp³-hybridized carbons (Fsp3) is 0.444. The first-order valence-corrected chi connectivity index (χ1v) is 8.04. The molecule has 0 bridgehead atoms. The van der Waals surface area contributed by atoms with E-state index in [-0.39, 0.29) is 0 Å². The maximum Gasteiger partial charge on any atom is 0.214 e. The predicted octanol–water partition coefficient (Wildman–Crippen LogP) is 3.36. The van der Waals surface area contributed by atoms with Crippen LogP contribution in [0, 0.1) is 12.8 Å². The third kappa shape index (κ3) is 5.43. The van der Waals surface area contributed by atoms with Crippen LogP contribution in [0.3, 0.4) is 0 Å². The number of benzene rings is 1. The van der Waals surface area contributed by atoms with E-state index in [2.05, 4.69) is 53.5 Å². The van der Waals surface area contributed by atoms with Gasteiger partial charge in [-0.1, -0.05) is 43.7 Å². The van der Waals surface area contributed by atoms with Gasteiger partial charge in [0.05, 0.1) is 12.7 Å². The zero-order valence-corrected chi connectivity index (χ0v) is 14.4. The first kappa shape index (κ1) is 17.1. The van der Waals surface area contributed by atoms with Crippen molar-refractivity contribution >= 4 is 5.96 Å². The normalized spacial score (nSPS) is 11.8. The Kier molecular flexibility index (Phi) is 6.20. The molecule has 0 spiro atoms. The standard InChI is InChI=1S/C18H26N4O/c1-13(2)9-10-20-18(19-4)22-12-17-21-11-16(23-17)15-7-5-14(3)6-8-15/h5-8,11,13H,9-10,12H2,1-4H3,(H2,19,20,22). The van der Waals surface area contributed by atoms with Gasteiger partial charge in [0.25, 0.3) is 0 Å². The number of aromatic nitrogens is 1. The van der Waals surface area contributed by atoms with Crippen molar-refractivity contribution in [2.24, 2.45) is 10.9 Å². The molecule has 2 aromatic rings. The van der Waals surface area contributed by atoms with Gasteiger partial charge in [0.15, 0.2) is 11.7 Å². The number of oxazole rings is 1. The summed E-state index contributed by atoms with van der Waals surface area (Å²) >= 11 is 0. The van der Waals surface area contributed by atoms with Crippen LogP contribution in [0.4, 0.5) is 0 Å². The SMILES string of the molecule is CN=C(NCCC(C)C)NCc1ncc(-c2ccc(C)cc2)o1. The molecule has 0 fully saturated rings. The second kappa shape index (κ2) is 8.36. The fourth-order valence-electron chi connectivity index (χ4n) is 2.10. The summed E-state index contributed by atoms with van der Waals surface area (Å²) in [5.74, 6) is 2.86. The van der Waals surface area contributed by atoms with Crippen LogP contribution in [0.2, 0.25) is 0 Å². The van der Waals surface area contributed by atoms with E-state index >= 15 is 0 Å². The Morgan fingerprint density at radius 1 is 1.22 bits per heavy atom. The highest BCUT2D eigenvalue weighted by molar-refractivity contribution is 5.79. The van der Waals surface area contributed by atoms with Crippen molar-refractivity contribution in [3.05, 3.63) is 41.9 Å². The van der Waals surface area contributed by atoms with Crippen molar-refractivity contribution < 1.29 is 4.42 Å². The molecule has 23 heavy (non-hydrogen) atoms. The number of nitrogens with one attached hydrogen (secondary N) is 2. The Hall–Kier alpha value is -2.30. The molecule has 5 heteroatoms. The minimum absolute atomic E-state index is 0.507. The van der Waals surface area contributed by atoms with Crippen molar-refractivity contribution in [3.63, 3.8) is 0 Å². The number of aliphatic imine (C=N–C) groups is 1. The van der Waals surface area contributed by atoms with Crippen molar-refractivity contribution in [3.8, 4) is 11.3 Å². The average Bonchev–Trinajstić information content (AvgIpc) is 3.00. The van der Waals surface area contributed by atoms with Gasteiger partial charge in [-0.2, -0.15) is 0 Å². The van der Waals surface area contributed by atoms with Gasteiger partial charge in [0.2, 0.25) is 5.89 Å². The summed E-state index contributed by atoms with van der Waals surface area (Å²) < 4.78 is 5.79. The highest BCUT2D eigenvalue weighted by Crippen LogP contribution is 2.20. The number of rotatable bonds is 6. The van der Waals surface area contributed by atoms with Crippen molar-refractivity contribution in [1.29, 1.82) is 0 Å². The monoisotopic (exact) mass is 314 g/mol. The molecule has 0 saturated carbocycles. The molecule has 0 aliphatic rings. The zero-order chi connectivity index (χ0) is 16.7. The molecule has 0 unspecified atom stereocenters. The Morgan fingerprint density at radius 3 is 2.61 bits per heavy atom. The van der Waals surface area contributed by atoms with Gasteiger partial charge in [-0.25, -0.2) is 4.98 Å². The summed E-state index contributed by atoms with van der Waals surface area (Å²) in [7, 11) is 1.76. The number of hydrogen-bond donors (Lipinski definition) is 2. The van der Waals surface area contributed by atoms with Gasteiger partial charge < -0.3 is 15.1 Å². The topological polar surface area (TPSA) is 62.5 Å². The molecule has 0 aliphatic carbocycles. The lowest BCUT2D eigenvalue weighted by Crippen LogP contribution is -2.37. The van der Waals surface area contributed by atoms with Crippen LogP contribution in [0.1, 0.15) is 31.7 Å². The Labute approximate surface area is 138 Å². The van der Waals surface area contributed by atoms with Crippen LogP contribution >= 0.6 is 0 Å². The summed E-state index contributed by atoms with van der Waals surface area (Å²) in [5.41, 5.74) is 2.26. The average molecular weight is 314 g/mol. The van der Waals surface area contributed by atoms with E-state index < -0.39 is 0 Å². The molecule has 0 aliphatic heterocycles. The molecule has 124 valence electrons. The molecule has 0 saturated heterocycles. The first-order valence-electron chi connectivity index (χ1n) is 8.04. The van der Waals surface area contributed by atoms with E-state index in [1.807, 2.05) is 12.1 Å². The number of guanidine groups is 1. The smallest absolute Gasteiger partial charge is 0.214 e. The van der Waals surface area contributed by atoms with E-state index in [4.69, 9.17) is 4.42 Å². The second-order valence-corrected chi connectivity index (χ2v) is 6.02. The lowest BCUT2D eigenvalue weighted by molar-refractivity contribution is 0.496. The second-order valence-electron chi connectivity index (χ2n) is 6.02. The van der Waals surface area contributed by atoms with Crippen molar-refractivity contribution in [1.82, 2.24) is 15.6 Å². The summed E-state index contributed by atoms with van der Waals surface area (Å²) in [4.78, 5) is 8.52. The maximum absolute atomic E-state index is 5.79. The van der Waals surface area contributed by atoms with Gasteiger partial charge in [0, 0.05) is 19.2 Å². The molecule has 0 radical (unpaired) electrons. The van der Waals surface area contributed by atoms with E-state index in [1.54, 1.807) is 13.2 Å². The summed E-state index contributed by atoms with van der Waals surface area (Å²) in [6.45, 7) is 7.89. The molecular formula is C18H26N4O. The van der Waals surface area contributed by atoms with Crippen LogP contribution < -0.4 is 10.6 Å². The van der Waals surface area contributed by atoms with E-state index in [1.165, 1.54) is 5.56 Å². The predicted molar refractivity (Wildman–Crippen MR) is 94.3 cm³/mol. The number of aryl methyl sites for hydroxylation is 1. The Balaban J connectivity index is 1.87. The van der Waals surface area contributed by atoms with Crippen molar-refractivity contribution in [2.75, 3.05) is 13.6 Å². The third-order valence-electron chi connectivity index (χ3n) is 3.53. The van der Waals surface area contributed by atoms with E-state index in [9.17, 15) is 0 Å². The van der Waals surface area contributed by atoms with Crippen LogP contribution in [0.15, 0.2) is 39.9 Å². The third-order valence-corrected chi connectivity index (χ3v) is 3.53. The van der Waals surface area contributed by atoms with Gasteiger partial charge in [-0.3, -0.25) is 4.99 Å². The number of hydrogen-bond acceptors (Lipinski definition) is 3. The summed E-state index contributed by atoms with van der Waals surface area (Å²) in [6.07, 6.45) is 2.87. The van der Waals surface area contributed by atoms with Gasteiger partial charge >= 0.3 is 0 Å². The van der Waals surface area contributed by atoms with Gasteiger partial charge in [-0.05, 0) is 19.3 Å². The molecule has 2 N–H and O–H groups in total. The van der Waals surface area contributed by atoms with Crippen LogP contribution in [-0.4, -0.2) is 24.5 Å². The minimum Gasteiger partial charge on any atom is -0.439 e. The van der Waals surface area contributed by atoms with Crippen LogP contribution in [-0.2, 0) is 6.54 Å². The molecular weight excluding hydrogens is 288 g/mol. The highest BCUT2D eigenvalue weighted by atomic mass is 16.4. The molecule has 1 aromatic carbocycles. The van der Waals surface area contributed by atoms with E-state index in [0.717, 1.165) is 30.2 Å². The van der Waals surface area contributed by atoms with E-state index in [0.29, 0.717) is 18.4 Å².